The van der Waals surface area contributed by atoms with Crippen molar-refractivity contribution in [2.45, 2.75) is 66.0 Å². The maximum absolute atomic E-state index is 12.3. The molecule has 0 bridgehead atoms. The van der Waals surface area contributed by atoms with E-state index in [1.165, 1.54) is 10.5 Å². The molecule has 0 spiro atoms. The molecule has 0 aliphatic rings. The number of quaternary nitrogens is 1. The first-order chi connectivity index (χ1) is 10.4. The molecule has 124 valence electrons. The van der Waals surface area contributed by atoms with Crippen molar-refractivity contribution in [3.05, 3.63) is 35.4 Å². The first kappa shape index (κ1) is 18.7. The standard InChI is InChI=1S/C19H31NO2/c1-7-17-9-11-18(12-10-17)16(6)19(21)22-13-15(5)20(8-2)14(3)4/h9-12,14-16H,7-8,13H2,1-6H3/p+1. The molecule has 1 aromatic carbocycles. The van der Waals surface area contributed by atoms with E-state index >= 15 is 0 Å². The highest BCUT2D eigenvalue weighted by atomic mass is 16.5. The molecule has 3 nitrogen and oxygen atoms in total. The molecule has 1 N–H and O–H groups in total. The summed E-state index contributed by atoms with van der Waals surface area (Å²) in [6.45, 7) is 14.3. The molecule has 0 amide bonds. The molecule has 0 saturated heterocycles. The fourth-order valence-electron chi connectivity index (χ4n) is 2.94. The van der Waals surface area contributed by atoms with Crippen molar-refractivity contribution in [2.75, 3.05) is 13.2 Å². The topological polar surface area (TPSA) is 30.7 Å². The maximum atomic E-state index is 12.3. The Labute approximate surface area is 135 Å². The first-order valence-corrected chi connectivity index (χ1v) is 8.51. The van der Waals surface area contributed by atoms with E-state index in [1.54, 1.807) is 0 Å². The molecule has 1 rings (SSSR count). The van der Waals surface area contributed by atoms with Crippen LogP contribution in [0.5, 0.6) is 0 Å². The Kier molecular flexibility index (Phi) is 7.60. The second-order valence-corrected chi connectivity index (χ2v) is 6.43. The molecule has 0 aliphatic carbocycles. The lowest BCUT2D eigenvalue weighted by molar-refractivity contribution is -0.942. The normalized spacial score (nSPS) is 15.4. The van der Waals surface area contributed by atoms with Crippen molar-refractivity contribution >= 4 is 5.97 Å². The van der Waals surface area contributed by atoms with E-state index in [4.69, 9.17) is 4.74 Å². The van der Waals surface area contributed by atoms with Gasteiger partial charge in [-0.05, 0) is 52.2 Å². The Balaban J connectivity index is 2.56. The monoisotopic (exact) mass is 306 g/mol. The number of hydrogen-bond donors (Lipinski definition) is 1. The number of carbonyl (C=O) groups excluding carboxylic acids is 1. The number of likely N-dealkylation sites (N-methyl/N-ethyl adjacent to an activating group) is 1. The summed E-state index contributed by atoms with van der Waals surface area (Å²) in [5.41, 5.74) is 2.32. The fraction of sp³-hybridized carbons (Fsp3) is 0.632. The van der Waals surface area contributed by atoms with Gasteiger partial charge in [-0.15, -0.1) is 0 Å². The Morgan fingerprint density at radius 1 is 1.09 bits per heavy atom. The lowest BCUT2D eigenvalue weighted by Gasteiger charge is -2.28. The lowest BCUT2D eigenvalue weighted by Crippen LogP contribution is -3.18. The summed E-state index contributed by atoms with van der Waals surface area (Å²) in [5.74, 6) is -0.336. The maximum Gasteiger partial charge on any atom is 0.313 e. The first-order valence-electron chi connectivity index (χ1n) is 8.51. The smallest absolute Gasteiger partial charge is 0.313 e. The van der Waals surface area contributed by atoms with Crippen LogP contribution in [0, 0.1) is 0 Å². The minimum atomic E-state index is -0.206. The van der Waals surface area contributed by atoms with Crippen LogP contribution in [0.15, 0.2) is 24.3 Å². The van der Waals surface area contributed by atoms with E-state index in [2.05, 4.69) is 46.8 Å². The van der Waals surface area contributed by atoms with E-state index in [0.29, 0.717) is 18.7 Å². The van der Waals surface area contributed by atoms with Crippen molar-refractivity contribution in [2.24, 2.45) is 0 Å². The quantitative estimate of drug-likeness (QED) is 0.748. The third-order valence-electron chi connectivity index (χ3n) is 4.50. The van der Waals surface area contributed by atoms with Crippen LogP contribution < -0.4 is 4.90 Å². The molecule has 3 atom stereocenters. The number of ether oxygens (including phenoxy) is 1. The van der Waals surface area contributed by atoms with Crippen molar-refractivity contribution in [1.29, 1.82) is 0 Å². The number of hydrogen-bond acceptors (Lipinski definition) is 2. The summed E-state index contributed by atoms with van der Waals surface area (Å²) in [6.07, 6.45) is 1.02. The molecule has 0 aliphatic heterocycles. The molecule has 1 aromatic rings. The lowest BCUT2D eigenvalue weighted by atomic mass is 9.99. The highest BCUT2D eigenvalue weighted by Gasteiger charge is 2.23. The van der Waals surface area contributed by atoms with Crippen molar-refractivity contribution < 1.29 is 14.4 Å². The highest BCUT2D eigenvalue weighted by molar-refractivity contribution is 5.77. The van der Waals surface area contributed by atoms with Crippen LogP contribution in [0.25, 0.3) is 0 Å². The Hall–Kier alpha value is -1.35. The van der Waals surface area contributed by atoms with Crippen LogP contribution in [0.1, 0.15) is 58.6 Å². The SMILES string of the molecule is CCc1ccc(C(C)C(=O)OCC(C)[NH+](CC)C(C)C)cc1. The molecule has 0 fully saturated rings. The van der Waals surface area contributed by atoms with E-state index < -0.39 is 0 Å². The van der Waals surface area contributed by atoms with Crippen molar-refractivity contribution in [3.63, 3.8) is 0 Å². The van der Waals surface area contributed by atoms with E-state index in [-0.39, 0.29) is 11.9 Å². The zero-order valence-corrected chi connectivity index (χ0v) is 15.0. The number of benzene rings is 1. The molecule has 3 unspecified atom stereocenters. The molecule has 0 saturated carbocycles. The Bertz CT molecular complexity index is 453. The van der Waals surface area contributed by atoms with Crippen molar-refractivity contribution in [3.8, 4) is 0 Å². The van der Waals surface area contributed by atoms with E-state index in [9.17, 15) is 4.79 Å². The van der Waals surface area contributed by atoms with Gasteiger partial charge in [-0.25, -0.2) is 0 Å². The van der Waals surface area contributed by atoms with Crippen LogP contribution in [0.3, 0.4) is 0 Å². The average Bonchev–Trinajstić information content (AvgIpc) is 2.52. The minimum Gasteiger partial charge on any atom is -0.459 e. The van der Waals surface area contributed by atoms with Crippen LogP contribution in [0.2, 0.25) is 0 Å². The van der Waals surface area contributed by atoms with Crippen LogP contribution in [0.4, 0.5) is 0 Å². The summed E-state index contributed by atoms with van der Waals surface area (Å²) in [4.78, 5) is 13.7. The molecule has 3 heteroatoms. The number of carbonyl (C=O) groups is 1. The molecule has 0 aromatic heterocycles. The van der Waals surface area contributed by atoms with E-state index in [0.717, 1.165) is 18.5 Å². The van der Waals surface area contributed by atoms with Gasteiger partial charge in [0.1, 0.15) is 12.6 Å². The zero-order valence-electron chi connectivity index (χ0n) is 15.0. The molecule has 0 heterocycles. The van der Waals surface area contributed by atoms with Gasteiger partial charge in [-0.1, -0.05) is 31.2 Å². The Morgan fingerprint density at radius 3 is 2.14 bits per heavy atom. The van der Waals surface area contributed by atoms with Gasteiger partial charge in [0.15, 0.2) is 0 Å². The largest absolute Gasteiger partial charge is 0.459 e. The van der Waals surface area contributed by atoms with Crippen molar-refractivity contribution in [1.82, 2.24) is 0 Å². The summed E-state index contributed by atoms with van der Waals surface area (Å²) < 4.78 is 5.55. The highest BCUT2D eigenvalue weighted by Crippen LogP contribution is 2.17. The van der Waals surface area contributed by atoms with Gasteiger partial charge in [0, 0.05) is 0 Å². The van der Waals surface area contributed by atoms with Gasteiger partial charge in [-0.3, -0.25) is 4.79 Å². The van der Waals surface area contributed by atoms with Gasteiger partial charge in [0.05, 0.1) is 18.5 Å². The predicted octanol–water partition coefficient (Wildman–Crippen LogP) is 2.60. The third-order valence-corrected chi connectivity index (χ3v) is 4.50. The average molecular weight is 306 g/mol. The van der Waals surface area contributed by atoms with Gasteiger partial charge in [-0.2, -0.15) is 0 Å². The van der Waals surface area contributed by atoms with E-state index in [1.807, 2.05) is 19.1 Å². The zero-order chi connectivity index (χ0) is 16.7. The molecule has 0 radical (unpaired) electrons. The third kappa shape index (κ3) is 5.13. The van der Waals surface area contributed by atoms with Gasteiger partial charge < -0.3 is 9.64 Å². The summed E-state index contributed by atoms with van der Waals surface area (Å²) in [6, 6.07) is 9.10. The summed E-state index contributed by atoms with van der Waals surface area (Å²) >= 11 is 0. The second kappa shape index (κ2) is 8.94. The van der Waals surface area contributed by atoms with Gasteiger partial charge in [0.25, 0.3) is 0 Å². The van der Waals surface area contributed by atoms with Gasteiger partial charge in [0.2, 0.25) is 0 Å². The van der Waals surface area contributed by atoms with Crippen LogP contribution in [-0.2, 0) is 16.0 Å². The second-order valence-electron chi connectivity index (χ2n) is 6.43. The fourth-order valence-corrected chi connectivity index (χ4v) is 2.94. The van der Waals surface area contributed by atoms with Crippen LogP contribution in [-0.4, -0.2) is 31.2 Å². The minimum absolute atomic E-state index is 0.129. The summed E-state index contributed by atoms with van der Waals surface area (Å²) in [7, 11) is 0. The molecule has 22 heavy (non-hydrogen) atoms. The van der Waals surface area contributed by atoms with Gasteiger partial charge >= 0.3 is 5.97 Å². The number of rotatable bonds is 8. The summed E-state index contributed by atoms with van der Waals surface area (Å²) in [5, 5.41) is 0. The Morgan fingerprint density at radius 2 is 1.68 bits per heavy atom. The molecular weight excluding hydrogens is 274 g/mol. The number of aryl methyl sites for hydroxylation is 1. The molecular formula is C19H32NO2+. The predicted molar refractivity (Wildman–Crippen MR) is 91.3 cm³/mol. The number of esters is 1. The van der Waals surface area contributed by atoms with Crippen LogP contribution >= 0.6 is 0 Å². The number of nitrogens with one attached hydrogen (secondary N) is 1.